The van der Waals surface area contributed by atoms with Crippen molar-refractivity contribution < 1.29 is 19.4 Å². The standard InChI is InChI=1S/C30H33NO4/c1-3-22-9-11-24(12-10-22)20-30(2)21-26-19-25(13-14-27(26)35-30)29(34)31(18-16-28(32)33)17-15-23-7-5-4-6-8-23/h4-14,19H,3,15-18,20-21H2,1-2H3,(H,32,33)/t30-/m0/s1. The molecule has 1 aliphatic heterocycles. The van der Waals surface area contributed by atoms with Gasteiger partial charge in [-0.15, -0.1) is 0 Å². The zero-order valence-corrected chi connectivity index (χ0v) is 20.5. The lowest BCUT2D eigenvalue weighted by Crippen LogP contribution is -2.35. The van der Waals surface area contributed by atoms with Gasteiger partial charge in [-0.05, 0) is 60.2 Å². The molecule has 182 valence electrons. The molecular formula is C30H33NO4. The average molecular weight is 472 g/mol. The second kappa shape index (κ2) is 10.8. The number of hydrogen-bond acceptors (Lipinski definition) is 3. The molecule has 1 N–H and O–H groups in total. The van der Waals surface area contributed by atoms with Gasteiger partial charge in [-0.25, -0.2) is 0 Å². The summed E-state index contributed by atoms with van der Waals surface area (Å²) in [6.07, 6.45) is 3.12. The molecule has 1 atom stereocenters. The fourth-order valence-corrected chi connectivity index (χ4v) is 4.71. The van der Waals surface area contributed by atoms with Crippen LogP contribution in [0.3, 0.4) is 0 Å². The number of aliphatic carboxylic acids is 1. The van der Waals surface area contributed by atoms with Crippen LogP contribution in [0.2, 0.25) is 0 Å². The van der Waals surface area contributed by atoms with Crippen molar-refractivity contribution in [3.8, 4) is 5.75 Å². The van der Waals surface area contributed by atoms with Gasteiger partial charge in [0.1, 0.15) is 11.4 Å². The summed E-state index contributed by atoms with van der Waals surface area (Å²) in [5.41, 5.74) is 4.89. The minimum atomic E-state index is -0.910. The summed E-state index contributed by atoms with van der Waals surface area (Å²) in [7, 11) is 0. The Labute approximate surface area is 207 Å². The fraction of sp³-hybridized carbons (Fsp3) is 0.333. The van der Waals surface area contributed by atoms with Crippen molar-refractivity contribution in [2.24, 2.45) is 0 Å². The highest BCUT2D eigenvalue weighted by Crippen LogP contribution is 2.37. The number of amides is 1. The van der Waals surface area contributed by atoms with E-state index in [0.29, 0.717) is 18.5 Å². The maximum Gasteiger partial charge on any atom is 0.305 e. The number of fused-ring (bicyclic) bond motifs is 1. The first kappa shape index (κ1) is 24.5. The first-order valence-corrected chi connectivity index (χ1v) is 12.3. The summed E-state index contributed by atoms with van der Waals surface area (Å²) >= 11 is 0. The smallest absolute Gasteiger partial charge is 0.305 e. The molecule has 3 aromatic carbocycles. The van der Waals surface area contributed by atoms with Crippen LogP contribution in [-0.4, -0.2) is 40.6 Å². The molecule has 0 saturated heterocycles. The zero-order valence-electron chi connectivity index (χ0n) is 20.5. The molecule has 5 nitrogen and oxygen atoms in total. The second-order valence-electron chi connectivity index (χ2n) is 9.57. The molecular weight excluding hydrogens is 438 g/mol. The van der Waals surface area contributed by atoms with Crippen LogP contribution in [0.4, 0.5) is 0 Å². The lowest BCUT2D eigenvalue weighted by molar-refractivity contribution is -0.137. The van der Waals surface area contributed by atoms with Gasteiger partial charge in [-0.2, -0.15) is 0 Å². The monoisotopic (exact) mass is 471 g/mol. The molecule has 3 aromatic rings. The van der Waals surface area contributed by atoms with Crippen LogP contribution in [0.1, 0.15) is 52.9 Å². The van der Waals surface area contributed by atoms with E-state index in [4.69, 9.17) is 4.74 Å². The van der Waals surface area contributed by atoms with Gasteiger partial charge in [0.25, 0.3) is 5.91 Å². The highest BCUT2D eigenvalue weighted by atomic mass is 16.5. The van der Waals surface area contributed by atoms with Gasteiger partial charge < -0.3 is 14.7 Å². The molecule has 0 spiro atoms. The van der Waals surface area contributed by atoms with E-state index in [1.54, 1.807) is 11.0 Å². The summed E-state index contributed by atoms with van der Waals surface area (Å²) < 4.78 is 6.33. The van der Waals surface area contributed by atoms with E-state index in [-0.39, 0.29) is 24.5 Å². The maximum absolute atomic E-state index is 13.4. The number of rotatable bonds is 10. The zero-order chi connectivity index (χ0) is 24.8. The van der Waals surface area contributed by atoms with E-state index in [1.165, 1.54) is 11.1 Å². The first-order chi connectivity index (χ1) is 16.8. The predicted molar refractivity (Wildman–Crippen MR) is 137 cm³/mol. The molecule has 1 amide bonds. The topological polar surface area (TPSA) is 66.8 Å². The van der Waals surface area contributed by atoms with Gasteiger partial charge in [-0.1, -0.05) is 61.5 Å². The Morgan fingerprint density at radius 1 is 0.943 bits per heavy atom. The van der Waals surface area contributed by atoms with Crippen LogP contribution in [-0.2, 0) is 30.5 Å². The summed E-state index contributed by atoms with van der Waals surface area (Å²) in [4.78, 5) is 26.2. The SMILES string of the molecule is CCc1ccc(C[C@@]2(C)Cc3cc(C(=O)N(CCC(=O)O)CCc4ccccc4)ccc3O2)cc1. The summed E-state index contributed by atoms with van der Waals surface area (Å²) in [6, 6.07) is 24.2. The number of hydrogen-bond donors (Lipinski definition) is 1. The molecule has 0 aliphatic carbocycles. The Hall–Kier alpha value is -3.60. The minimum Gasteiger partial charge on any atom is -0.487 e. The number of carboxylic acids is 1. The van der Waals surface area contributed by atoms with E-state index in [1.807, 2.05) is 42.5 Å². The van der Waals surface area contributed by atoms with Gasteiger partial charge in [0.05, 0.1) is 6.42 Å². The van der Waals surface area contributed by atoms with E-state index in [9.17, 15) is 14.7 Å². The number of aryl methyl sites for hydroxylation is 1. The van der Waals surface area contributed by atoms with Crippen LogP contribution >= 0.6 is 0 Å². The Balaban J connectivity index is 1.46. The van der Waals surface area contributed by atoms with Crippen LogP contribution in [0, 0.1) is 0 Å². The number of ether oxygens (including phenoxy) is 1. The lowest BCUT2D eigenvalue weighted by Gasteiger charge is -2.24. The molecule has 0 saturated carbocycles. The summed E-state index contributed by atoms with van der Waals surface area (Å²) in [5.74, 6) is -0.239. The molecule has 0 radical (unpaired) electrons. The van der Waals surface area contributed by atoms with Crippen LogP contribution < -0.4 is 4.74 Å². The second-order valence-corrected chi connectivity index (χ2v) is 9.57. The van der Waals surface area contributed by atoms with Gasteiger partial charge in [0.2, 0.25) is 0 Å². The lowest BCUT2D eigenvalue weighted by atomic mass is 9.91. The van der Waals surface area contributed by atoms with Gasteiger partial charge >= 0.3 is 5.97 Å². The van der Waals surface area contributed by atoms with Crippen LogP contribution in [0.5, 0.6) is 5.75 Å². The van der Waals surface area contributed by atoms with Crippen molar-refractivity contribution in [3.63, 3.8) is 0 Å². The van der Waals surface area contributed by atoms with Crippen molar-refractivity contribution >= 4 is 11.9 Å². The van der Waals surface area contributed by atoms with Gasteiger partial charge in [0.15, 0.2) is 0 Å². The highest BCUT2D eigenvalue weighted by molar-refractivity contribution is 5.95. The molecule has 0 fully saturated rings. The quantitative estimate of drug-likeness (QED) is 0.433. The molecule has 0 aromatic heterocycles. The number of benzene rings is 3. The van der Waals surface area contributed by atoms with Crippen LogP contribution in [0.15, 0.2) is 72.8 Å². The number of carboxylic acid groups (broad SMARTS) is 1. The average Bonchev–Trinajstić information content (AvgIpc) is 3.19. The minimum absolute atomic E-state index is 0.0799. The third-order valence-corrected chi connectivity index (χ3v) is 6.63. The Morgan fingerprint density at radius 2 is 1.66 bits per heavy atom. The largest absolute Gasteiger partial charge is 0.487 e. The summed E-state index contributed by atoms with van der Waals surface area (Å²) in [5, 5.41) is 9.18. The molecule has 1 aliphatic rings. The van der Waals surface area contributed by atoms with Crippen molar-refractivity contribution in [2.45, 2.75) is 51.6 Å². The van der Waals surface area contributed by atoms with Gasteiger partial charge in [-0.3, -0.25) is 9.59 Å². The summed E-state index contributed by atoms with van der Waals surface area (Å²) in [6.45, 7) is 4.91. The molecule has 35 heavy (non-hydrogen) atoms. The van der Waals surface area contributed by atoms with Gasteiger partial charge in [0, 0.05) is 31.5 Å². The third-order valence-electron chi connectivity index (χ3n) is 6.63. The Bertz CT molecular complexity index is 1170. The van der Waals surface area contributed by atoms with E-state index in [2.05, 4.69) is 38.1 Å². The van der Waals surface area contributed by atoms with Crippen molar-refractivity contribution in [2.75, 3.05) is 13.1 Å². The third kappa shape index (κ3) is 6.30. The number of nitrogens with zero attached hydrogens (tertiary/aromatic N) is 1. The Kier molecular flexibility index (Phi) is 7.54. The normalized spacial score (nSPS) is 16.4. The fourth-order valence-electron chi connectivity index (χ4n) is 4.71. The maximum atomic E-state index is 13.4. The predicted octanol–water partition coefficient (Wildman–Crippen LogP) is 5.34. The number of carbonyl (C=O) groups is 2. The van der Waals surface area contributed by atoms with E-state index >= 15 is 0 Å². The molecule has 5 heteroatoms. The van der Waals surface area contributed by atoms with Crippen molar-refractivity contribution in [1.29, 1.82) is 0 Å². The number of carbonyl (C=O) groups excluding carboxylic acids is 1. The molecule has 0 unspecified atom stereocenters. The van der Waals surface area contributed by atoms with Crippen molar-refractivity contribution in [1.82, 2.24) is 4.90 Å². The van der Waals surface area contributed by atoms with E-state index < -0.39 is 5.97 Å². The molecule has 0 bridgehead atoms. The van der Waals surface area contributed by atoms with E-state index in [0.717, 1.165) is 36.1 Å². The molecule has 1 heterocycles. The highest BCUT2D eigenvalue weighted by Gasteiger charge is 2.35. The Morgan fingerprint density at radius 3 is 2.34 bits per heavy atom. The molecule has 4 rings (SSSR count). The van der Waals surface area contributed by atoms with Crippen molar-refractivity contribution in [3.05, 3.63) is 101 Å². The first-order valence-electron chi connectivity index (χ1n) is 12.3. The van der Waals surface area contributed by atoms with Crippen LogP contribution in [0.25, 0.3) is 0 Å².